The molecule has 5 aromatic rings. The summed E-state index contributed by atoms with van der Waals surface area (Å²) in [6.45, 7) is 3.13. The molecule has 0 unspecified atom stereocenters. The van der Waals surface area contributed by atoms with Crippen LogP contribution in [0.1, 0.15) is 5.69 Å². The summed E-state index contributed by atoms with van der Waals surface area (Å²) >= 11 is 0. The zero-order chi connectivity index (χ0) is 22.8. The summed E-state index contributed by atoms with van der Waals surface area (Å²) in [7, 11) is 1.60. The van der Waals surface area contributed by atoms with Gasteiger partial charge in [0.15, 0.2) is 0 Å². The molecule has 0 bridgehead atoms. The highest BCUT2D eigenvalue weighted by molar-refractivity contribution is 5.88. The van der Waals surface area contributed by atoms with Gasteiger partial charge in [0.1, 0.15) is 23.7 Å². The quantitative estimate of drug-likeness (QED) is 0.368. The number of ether oxygens (including phenoxy) is 1. The topological polar surface area (TPSA) is 80.6 Å². The van der Waals surface area contributed by atoms with Gasteiger partial charge in [-0.3, -0.25) is 0 Å². The number of nitrogens with one attached hydrogen (secondary N) is 2. The molecule has 0 aliphatic rings. The van der Waals surface area contributed by atoms with Gasteiger partial charge in [-0.05, 0) is 25.1 Å². The van der Waals surface area contributed by atoms with Crippen LogP contribution in [0.5, 0.6) is 5.75 Å². The normalized spacial score (nSPS) is 11.1. The molecule has 7 nitrogen and oxygen atoms in total. The lowest BCUT2D eigenvalue weighted by atomic mass is 10.1. The van der Waals surface area contributed by atoms with Gasteiger partial charge in [-0.1, -0.05) is 24.3 Å². The van der Waals surface area contributed by atoms with E-state index in [4.69, 9.17) is 4.74 Å². The summed E-state index contributed by atoms with van der Waals surface area (Å²) in [6.07, 6.45) is 5.06. The van der Waals surface area contributed by atoms with E-state index in [0.717, 1.165) is 33.6 Å². The van der Waals surface area contributed by atoms with Gasteiger partial charge >= 0.3 is 0 Å². The van der Waals surface area contributed by atoms with Crippen LogP contribution in [0.25, 0.3) is 33.4 Å². The third kappa shape index (κ3) is 4.03. The smallest absolute Gasteiger partial charge is 0.147 e. The third-order valence-corrected chi connectivity index (χ3v) is 5.68. The number of benzene rings is 2. The van der Waals surface area contributed by atoms with Crippen LogP contribution < -0.4 is 10.1 Å². The van der Waals surface area contributed by atoms with E-state index in [-0.39, 0.29) is 5.82 Å². The number of hydrogen-bond donors (Lipinski definition) is 2. The van der Waals surface area contributed by atoms with Gasteiger partial charge in [-0.15, -0.1) is 0 Å². The Labute approximate surface area is 190 Å². The number of methoxy groups -OCH3 is 1. The summed E-state index contributed by atoms with van der Waals surface area (Å²) in [5, 5.41) is 4.10. The molecular weight excluding hydrogens is 419 g/mol. The first-order valence-corrected chi connectivity index (χ1v) is 10.6. The minimum atomic E-state index is -0.262. The maximum atomic E-state index is 14.6. The molecule has 0 saturated heterocycles. The lowest BCUT2D eigenvalue weighted by Gasteiger charge is -2.12. The fourth-order valence-electron chi connectivity index (χ4n) is 4.04. The molecule has 8 heteroatoms. The number of aryl methyl sites for hydroxylation is 1. The number of hydrogen-bond acceptors (Lipinski definition) is 5. The predicted molar refractivity (Wildman–Crippen MR) is 127 cm³/mol. The van der Waals surface area contributed by atoms with Crippen LogP contribution >= 0.6 is 0 Å². The SMILES string of the molecule is COc1ccc(F)c2c1cc(C)n2CCNc1cc(-c2ccc(-c3c[nH]cn3)cc2)ncn1. The predicted octanol–water partition coefficient (Wildman–Crippen LogP) is 5.06. The summed E-state index contributed by atoms with van der Waals surface area (Å²) in [6, 6.07) is 15.0. The van der Waals surface area contributed by atoms with E-state index >= 15 is 0 Å². The van der Waals surface area contributed by atoms with Gasteiger partial charge in [0.25, 0.3) is 0 Å². The summed E-state index contributed by atoms with van der Waals surface area (Å²) in [5.74, 6) is 1.12. The van der Waals surface area contributed by atoms with Crippen LogP contribution in [0.2, 0.25) is 0 Å². The number of halogens is 1. The number of imidazole rings is 1. The number of fused-ring (bicyclic) bond motifs is 1. The van der Waals surface area contributed by atoms with Crippen molar-refractivity contribution < 1.29 is 9.13 Å². The van der Waals surface area contributed by atoms with Crippen molar-refractivity contribution in [2.75, 3.05) is 19.0 Å². The molecule has 2 N–H and O–H groups in total. The monoisotopic (exact) mass is 442 g/mol. The fourth-order valence-corrected chi connectivity index (χ4v) is 4.04. The van der Waals surface area contributed by atoms with Crippen molar-refractivity contribution in [3.05, 3.63) is 78.9 Å². The first-order chi connectivity index (χ1) is 16.1. The zero-order valence-electron chi connectivity index (χ0n) is 18.3. The molecule has 0 spiro atoms. The molecule has 0 atom stereocenters. The Balaban J connectivity index is 1.31. The van der Waals surface area contributed by atoms with Crippen molar-refractivity contribution in [1.29, 1.82) is 0 Å². The summed E-state index contributed by atoms with van der Waals surface area (Å²) in [4.78, 5) is 16.0. The number of nitrogens with zero attached hydrogens (tertiary/aromatic N) is 4. The second-order valence-electron chi connectivity index (χ2n) is 7.70. The van der Waals surface area contributed by atoms with E-state index in [1.54, 1.807) is 25.8 Å². The Hall–Kier alpha value is -4.20. The van der Waals surface area contributed by atoms with Crippen molar-refractivity contribution >= 4 is 16.7 Å². The molecule has 5 rings (SSSR count). The largest absolute Gasteiger partial charge is 0.496 e. The highest BCUT2D eigenvalue weighted by Crippen LogP contribution is 2.31. The third-order valence-electron chi connectivity index (χ3n) is 5.68. The van der Waals surface area contributed by atoms with Crippen LogP contribution in [0.4, 0.5) is 10.2 Å². The second-order valence-corrected chi connectivity index (χ2v) is 7.70. The first kappa shape index (κ1) is 20.7. The fraction of sp³-hybridized carbons (Fsp3) is 0.160. The molecular formula is C25H23FN6O. The second kappa shape index (κ2) is 8.74. The van der Waals surface area contributed by atoms with Gasteiger partial charge in [0.05, 0.1) is 30.3 Å². The zero-order valence-corrected chi connectivity index (χ0v) is 18.3. The van der Waals surface area contributed by atoms with E-state index < -0.39 is 0 Å². The minimum Gasteiger partial charge on any atom is -0.496 e. The first-order valence-electron chi connectivity index (χ1n) is 10.6. The van der Waals surface area contributed by atoms with Crippen LogP contribution in [0.3, 0.4) is 0 Å². The molecule has 166 valence electrons. The molecule has 33 heavy (non-hydrogen) atoms. The van der Waals surface area contributed by atoms with Crippen LogP contribution in [0, 0.1) is 12.7 Å². The minimum absolute atomic E-state index is 0.262. The molecule has 3 heterocycles. The molecule has 0 fully saturated rings. The van der Waals surface area contributed by atoms with E-state index in [1.165, 1.54) is 6.07 Å². The Kier molecular flexibility index (Phi) is 5.48. The number of aromatic nitrogens is 5. The van der Waals surface area contributed by atoms with Gasteiger partial charge < -0.3 is 19.6 Å². The van der Waals surface area contributed by atoms with Crippen LogP contribution in [-0.4, -0.2) is 38.2 Å². The van der Waals surface area contributed by atoms with Gasteiger partial charge in [0.2, 0.25) is 0 Å². The maximum Gasteiger partial charge on any atom is 0.147 e. The number of aromatic amines is 1. The molecule has 0 aliphatic heterocycles. The highest BCUT2D eigenvalue weighted by atomic mass is 19.1. The Morgan fingerprint density at radius 3 is 2.52 bits per heavy atom. The summed E-state index contributed by atoms with van der Waals surface area (Å²) in [5.41, 5.74) is 5.25. The van der Waals surface area contributed by atoms with Gasteiger partial charge in [-0.2, -0.15) is 0 Å². The van der Waals surface area contributed by atoms with Crippen molar-refractivity contribution in [1.82, 2.24) is 24.5 Å². The lowest BCUT2D eigenvalue weighted by Crippen LogP contribution is -2.13. The lowest BCUT2D eigenvalue weighted by molar-refractivity contribution is 0.419. The number of rotatable bonds is 7. The number of anilines is 1. The Morgan fingerprint density at radius 2 is 1.79 bits per heavy atom. The molecule has 0 radical (unpaired) electrons. The maximum absolute atomic E-state index is 14.6. The van der Waals surface area contributed by atoms with Gasteiger partial charge in [0, 0.05) is 47.6 Å². The average Bonchev–Trinajstić information content (AvgIpc) is 3.49. The standard InChI is InChI=1S/C25H23FN6O/c1-16-11-19-23(33-2)8-7-20(26)25(19)32(16)10-9-28-24-12-21(30-15-31-24)17-3-5-18(6-4-17)22-13-27-14-29-22/h3-8,11-15H,9-10H2,1-2H3,(H,27,29)(H,28,30,31). The van der Waals surface area contributed by atoms with Crippen LogP contribution in [0.15, 0.2) is 67.4 Å². The Bertz CT molecular complexity index is 1390. The van der Waals surface area contributed by atoms with E-state index in [1.807, 2.05) is 54.1 Å². The molecule has 2 aromatic carbocycles. The highest BCUT2D eigenvalue weighted by Gasteiger charge is 2.14. The van der Waals surface area contributed by atoms with Crippen molar-refractivity contribution in [3.63, 3.8) is 0 Å². The van der Waals surface area contributed by atoms with E-state index in [2.05, 4.69) is 25.3 Å². The molecule has 3 aromatic heterocycles. The summed E-state index contributed by atoms with van der Waals surface area (Å²) < 4.78 is 21.9. The van der Waals surface area contributed by atoms with E-state index in [9.17, 15) is 4.39 Å². The van der Waals surface area contributed by atoms with Crippen molar-refractivity contribution in [3.8, 4) is 28.3 Å². The van der Waals surface area contributed by atoms with Crippen molar-refractivity contribution in [2.24, 2.45) is 0 Å². The molecule has 0 aliphatic carbocycles. The van der Waals surface area contributed by atoms with Crippen molar-refractivity contribution in [2.45, 2.75) is 13.5 Å². The van der Waals surface area contributed by atoms with Crippen LogP contribution in [-0.2, 0) is 6.54 Å². The molecule has 0 amide bonds. The van der Waals surface area contributed by atoms with Gasteiger partial charge in [-0.25, -0.2) is 19.3 Å². The molecule has 0 saturated carbocycles. The van der Waals surface area contributed by atoms with E-state index in [0.29, 0.717) is 30.2 Å². The number of H-pyrrole nitrogens is 1. The average molecular weight is 442 g/mol. The Morgan fingerprint density at radius 1 is 1.00 bits per heavy atom.